The number of aromatic nitrogens is 4. The topological polar surface area (TPSA) is 617 Å². The van der Waals surface area contributed by atoms with Crippen molar-refractivity contribution in [2.45, 2.75) is 183 Å². The molecule has 612 valence electrons. The number of thioether (sulfide) groups is 1. The number of primary amides is 3. The van der Waals surface area contributed by atoms with Crippen LogP contribution in [0.15, 0.2) is 73.4 Å². The maximum atomic E-state index is 15.3. The zero-order valence-corrected chi connectivity index (χ0v) is 65.1. The molecule has 7 rings (SSSR count). The van der Waals surface area contributed by atoms with Crippen molar-refractivity contribution in [3.05, 3.63) is 90.3 Å². The Hall–Kier alpha value is -11.3. The highest BCUT2D eigenvalue weighted by molar-refractivity contribution is 8.76. The van der Waals surface area contributed by atoms with E-state index in [1.165, 1.54) is 56.2 Å². The summed E-state index contributed by atoms with van der Waals surface area (Å²) in [5.74, 6) is -20.6. The lowest BCUT2D eigenvalue weighted by Gasteiger charge is -2.30. The molecular weight excluding hydrogens is 1530 g/mol. The fraction of sp³-hybridized carbons (Fsp3) is 0.493. The molecule has 2 aromatic carbocycles. The smallest absolute Gasteiger partial charge is 0.305 e. The highest BCUT2D eigenvalue weighted by atomic mass is 33.1. The minimum Gasteiger partial charge on any atom is -0.481 e. The summed E-state index contributed by atoms with van der Waals surface area (Å²) in [5, 5.41) is 52.2. The highest BCUT2D eigenvalue weighted by Gasteiger charge is 2.42. The fourth-order valence-electron chi connectivity index (χ4n) is 12.5. The predicted molar refractivity (Wildman–Crippen MR) is 414 cm³/mol. The summed E-state index contributed by atoms with van der Waals surface area (Å²) in [4.78, 5) is 254. The van der Waals surface area contributed by atoms with Crippen LogP contribution in [0.25, 0.3) is 21.8 Å². The summed E-state index contributed by atoms with van der Waals surface area (Å²) < 4.78 is 0. The molecule has 0 unspecified atom stereocenters. The number of carboxylic acids is 1. The molecule has 2 fully saturated rings. The quantitative estimate of drug-likeness (QED) is 0.0186. The number of carboxylic acid groups (broad SMARTS) is 1. The molecule has 3 aromatic heterocycles. The molecule has 5 aromatic rings. The number of aliphatic hydroxyl groups excluding tert-OH is 1. The molecule has 2 saturated heterocycles. The number of nitrogens with zero attached hydrogens (tertiary/aromatic N) is 2. The van der Waals surface area contributed by atoms with Gasteiger partial charge in [-0.25, -0.2) is 4.98 Å². The molecule has 113 heavy (non-hydrogen) atoms. The van der Waals surface area contributed by atoms with Crippen molar-refractivity contribution in [1.29, 1.82) is 0 Å². The maximum Gasteiger partial charge on any atom is 0.305 e. The Morgan fingerprint density at radius 1 is 0.619 bits per heavy atom. The van der Waals surface area contributed by atoms with Crippen molar-refractivity contribution < 1.29 is 91.7 Å². The van der Waals surface area contributed by atoms with Crippen LogP contribution in [-0.4, -0.2) is 250 Å². The van der Waals surface area contributed by atoms with Gasteiger partial charge in [0, 0.05) is 90.3 Å². The number of likely N-dealkylation sites (tertiary alicyclic amines) is 1. The number of carbonyl (C=O) groups excluding carboxylic acids is 16. The number of rotatable bonds is 31. The van der Waals surface area contributed by atoms with Gasteiger partial charge in [-0.3, -0.25) is 81.5 Å². The number of nitrogens with one attached hydrogen (secondary N) is 15. The van der Waals surface area contributed by atoms with Crippen LogP contribution in [0.2, 0.25) is 0 Å². The van der Waals surface area contributed by atoms with E-state index in [0.717, 1.165) is 6.92 Å². The Kier molecular flexibility index (Phi) is 33.4. The largest absolute Gasteiger partial charge is 0.481 e. The van der Waals surface area contributed by atoms with Crippen molar-refractivity contribution in [2.75, 3.05) is 30.1 Å². The van der Waals surface area contributed by atoms with E-state index in [1.807, 2.05) is 0 Å². The Morgan fingerprint density at radius 2 is 1.16 bits per heavy atom. The number of H-pyrrole nitrogens is 3. The molecule has 0 bridgehead atoms. The number of imidazole rings is 1. The van der Waals surface area contributed by atoms with Crippen molar-refractivity contribution in [3.8, 4) is 0 Å². The number of aliphatic carboxylic acids is 1. The maximum absolute atomic E-state index is 15.3. The number of nitrogens with two attached hydrogens (primary N) is 3. The lowest BCUT2D eigenvalue weighted by atomic mass is 9.97. The first-order valence-electron chi connectivity index (χ1n) is 36.1. The van der Waals surface area contributed by atoms with E-state index in [-0.39, 0.29) is 37.9 Å². The number of benzene rings is 2. The van der Waals surface area contributed by atoms with Crippen LogP contribution in [-0.2, 0) is 101 Å². The van der Waals surface area contributed by atoms with E-state index in [9.17, 15) is 77.3 Å². The molecule has 2 aliphatic rings. The average Bonchev–Trinajstić information content (AvgIpc) is 1.60. The van der Waals surface area contributed by atoms with Crippen LogP contribution in [0.1, 0.15) is 96.4 Å². The average molecular weight is 1630 g/mol. The van der Waals surface area contributed by atoms with E-state index in [0.29, 0.717) is 66.7 Å². The summed E-state index contributed by atoms with van der Waals surface area (Å²) >= 11 is 1.40. The zero-order valence-electron chi connectivity index (χ0n) is 62.7. The normalized spacial score (nSPS) is 21.6. The van der Waals surface area contributed by atoms with E-state index >= 15 is 14.4 Å². The van der Waals surface area contributed by atoms with Crippen LogP contribution in [0.5, 0.6) is 0 Å². The van der Waals surface area contributed by atoms with Gasteiger partial charge in [0.15, 0.2) is 0 Å². The van der Waals surface area contributed by atoms with Gasteiger partial charge < -0.3 is 111 Å². The second-order valence-electron chi connectivity index (χ2n) is 27.4. The van der Waals surface area contributed by atoms with E-state index in [2.05, 4.69) is 83.7 Å². The lowest BCUT2D eigenvalue weighted by molar-refractivity contribution is -0.142. The Bertz CT molecular complexity index is 4310. The van der Waals surface area contributed by atoms with Gasteiger partial charge in [-0.05, 0) is 74.3 Å². The summed E-state index contributed by atoms with van der Waals surface area (Å²) in [6.07, 6.45) is 2.22. The van der Waals surface area contributed by atoms with Gasteiger partial charge in [-0.1, -0.05) is 78.3 Å². The minimum atomic E-state index is -2.11. The van der Waals surface area contributed by atoms with Crippen molar-refractivity contribution >= 4 is 156 Å². The van der Waals surface area contributed by atoms with Crippen LogP contribution in [0.3, 0.4) is 0 Å². The Balaban J connectivity index is 1.31. The summed E-state index contributed by atoms with van der Waals surface area (Å²) in [6.45, 7) is 6.79. The highest BCUT2D eigenvalue weighted by Crippen LogP contribution is 2.27. The standard InChI is InChI=1S/C71H96N20O19S3/c1-7-33(2)57(89-70(109)58(35(4)92)90-60(99)34(3)79-61(100)44(18-20-111-6)80-36(5)93)69(108)88-52-31-113-112-30-51(68(107)86-50(71(110)91-19-12-17-53(91)59(74)98)22-38-28-77-43-16-11-9-14-41(38)43)87-66(105)49(26-56(96)97)85-63(102)46(23-39-29-75-32-78-39)82-62(101)45(21-37-27-76-42-15-10-8-13-40(37)42)81-64(103)47(24-54(72)94)83-65(104)48(25-55(73)95)84-67(52)106/h8-11,13-16,27-29,32-35,44-53,57-58,76-77,92H,7,12,17-26,30-31H2,1-6H3,(H2,72,94)(H2,73,95)(H2,74,98)(H,75,78)(H,79,100)(H,80,93)(H,81,103)(H,82,101)(H,83,104)(H,84,106)(H,85,102)(H,86,107)(H,87,105)(H,88,108)(H,89,109)(H,90,99)(H,96,97)/t33-,34-,35+,44-,45-,46-,47-,48-,49-,50-,51-,52-,53-,57-,58-/m0/s1. The third kappa shape index (κ3) is 25.9. The molecule has 15 atom stereocenters. The first-order chi connectivity index (χ1) is 53.7. The first kappa shape index (κ1) is 88.9. The number of amides is 16. The molecule has 5 heterocycles. The minimum absolute atomic E-state index is 0.0432. The van der Waals surface area contributed by atoms with Crippen LogP contribution in [0, 0.1) is 5.92 Å². The predicted octanol–water partition coefficient (Wildman–Crippen LogP) is -4.47. The number of aromatic amines is 3. The molecule has 42 heteroatoms. The van der Waals surface area contributed by atoms with Gasteiger partial charge in [0.25, 0.3) is 0 Å². The molecular formula is C71H96N20O19S3. The number of carbonyl (C=O) groups is 17. The summed E-state index contributed by atoms with van der Waals surface area (Å²) in [5.41, 5.74) is 19.4. The fourth-order valence-corrected chi connectivity index (χ4v) is 15.3. The molecule has 2 aliphatic heterocycles. The molecule has 16 amide bonds. The van der Waals surface area contributed by atoms with Crippen LogP contribution < -0.4 is 81.0 Å². The second-order valence-corrected chi connectivity index (χ2v) is 30.9. The molecule has 39 nitrogen and oxygen atoms in total. The van der Waals surface area contributed by atoms with E-state index in [4.69, 9.17) is 17.2 Å². The molecule has 0 spiro atoms. The number of para-hydroxylation sites is 2. The van der Waals surface area contributed by atoms with Gasteiger partial charge in [-0.2, -0.15) is 11.8 Å². The van der Waals surface area contributed by atoms with Crippen molar-refractivity contribution in [2.24, 2.45) is 23.1 Å². The van der Waals surface area contributed by atoms with Gasteiger partial charge in [0.2, 0.25) is 94.5 Å². The molecule has 0 radical (unpaired) electrons. The Morgan fingerprint density at radius 3 is 1.72 bits per heavy atom. The van der Waals surface area contributed by atoms with Crippen LogP contribution >= 0.6 is 33.3 Å². The number of hydrogen-bond acceptors (Lipinski definition) is 22. The number of aliphatic hydroxyl groups is 1. The number of hydrogen-bond donors (Lipinski definition) is 20. The van der Waals surface area contributed by atoms with Gasteiger partial charge in [0.05, 0.1) is 31.7 Å². The lowest BCUT2D eigenvalue weighted by Crippen LogP contribution is -2.63. The van der Waals surface area contributed by atoms with Gasteiger partial charge in [0.1, 0.15) is 78.5 Å². The Labute approximate surface area is 659 Å². The SMILES string of the molecule is CC[C@H](C)[C@H](NC(=O)[C@@H](NC(=O)[C@H](C)NC(=O)[C@H](CCSC)NC(C)=O)[C@@H](C)O)C(=O)N[C@H]1CSSC[C@@H](C(=O)N[C@@H](Cc2c[nH]c3ccccc23)C(=O)N2CCC[C@H]2C(N)=O)NC(=O)[C@H](CC(=O)O)NC(=O)[C@H](Cc2cnc[nH]2)NC(=O)[C@H](Cc2c[nH]c3ccccc23)NC(=O)[C@H](CC(N)=O)NC(=O)[C@H](CC(N)=O)NC1=O. The zero-order chi connectivity index (χ0) is 82.9. The molecule has 0 aliphatic carbocycles. The summed E-state index contributed by atoms with van der Waals surface area (Å²) in [7, 11) is 1.41. The second kappa shape index (κ2) is 42.4. The number of fused-ring (bicyclic) bond motifs is 2. The van der Waals surface area contributed by atoms with Crippen molar-refractivity contribution in [3.63, 3.8) is 0 Å². The van der Waals surface area contributed by atoms with Crippen molar-refractivity contribution in [1.82, 2.24) is 88.6 Å². The molecule has 0 saturated carbocycles. The van der Waals surface area contributed by atoms with Crippen LogP contribution in [0.4, 0.5) is 0 Å². The molecule has 23 N–H and O–H groups in total. The van der Waals surface area contributed by atoms with E-state index in [1.54, 1.807) is 67.9 Å². The first-order valence-corrected chi connectivity index (χ1v) is 40.0. The van der Waals surface area contributed by atoms with Gasteiger partial charge >= 0.3 is 5.97 Å². The third-order valence-electron chi connectivity index (χ3n) is 18.7. The monoisotopic (exact) mass is 1630 g/mol. The summed E-state index contributed by atoms with van der Waals surface area (Å²) in [6, 6.07) is -8.37. The third-order valence-corrected chi connectivity index (χ3v) is 21.8. The van der Waals surface area contributed by atoms with Gasteiger partial charge in [-0.15, -0.1) is 0 Å². The van der Waals surface area contributed by atoms with E-state index < -0.39 is 235 Å².